The van der Waals surface area contributed by atoms with Crippen molar-refractivity contribution in [3.8, 4) is 5.75 Å². The van der Waals surface area contributed by atoms with Gasteiger partial charge in [-0.1, -0.05) is 13.8 Å². The van der Waals surface area contributed by atoms with Gasteiger partial charge in [-0.3, -0.25) is 0 Å². The second-order valence-electron chi connectivity index (χ2n) is 4.97. The van der Waals surface area contributed by atoms with E-state index in [1.165, 1.54) is 24.9 Å². The summed E-state index contributed by atoms with van der Waals surface area (Å²) in [6.45, 7) is 6.24. The van der Waals surface area contributed by atoms with Crippen molar-refractivity contribution in [1.82, 2.24) is 0 Å². The summed E-state index contributed by atoms with van der Waals surface area (Å²) in [5.74, 6) is 0.830. The molecule has 3 heteroatoms. The molecule has 1 atom stereocenters. The molecule has 0 spiro atoms. The number of nitrogens with two attached hydrogens (primary N) is 1. The monoisotopic (exact) mass is 248 g/mol. The Hall–Kier alpha value is -1.38. The van der Waals surface area contributed by atoms with Gasteiger partial charge in [-0.25, -0.2) is 0 Å². The summed E-state index contributed by atoms with van der Waals surface area (Å²) >= 11 is 0. The highest BCUT2D eigenvalue weighted by Gasteiger charge is 2.23. The number of hydrogen-bond donors (Lipinski definition) is 1. The smallest absolute Gasteiger partial charge is 0.144 e. The van der Waals surface area contributed by atoms with Crippen LogP contribution in [0, 0.1) is 0 Å². The van der Waals surface area contributed by atoms with Gasteiger partial charge in [0.1, 0.15) is 5.75 Å². The lowest BCUT2D eigenvalue weighted by atomic mass is 10.1. The first-order valence-electron chi connectivity index (χ1n) is 7.05. The predicted octanol–water partition coefficient (Wildman–Crippen LogP) is 3.44. The zero-order valence-corrected chi connectivity index (χ0v) is 11.5. The van der Waals surface area contributed by atoms with Crippen LogP contribution in [-0.4, -0.2) is 19.2 Å². The fourth-order valence-electron chi connectivity index (χ4n) is 2.64. The zero-order valence-electron chi connectivity index (χ0n) is 11.5. The number of benzene rings is 1. The van der Waals surface area contributed by atoms with Crippen LogP contribution in [0.15, 0.2) is 18.2 Å². The van der Waals surface area contributed by atoms with E-state index < -0.39 is 0 Å². The van der Waals surface area contributed by atoms with Crippen LogP contribution >= 0.6 is 0 Å². The molecule has 2 N–H and O–H groups in total. The van der Waals surface area contributed by atoms with Gasteiger partial charge in [0.25, 0.3) is 0 Å². The molecule has 1 heterocycles. The first kappa shape index (κ1) is 13.1. The van der Waals surface area contributed by atoms with Crippen molar-refractivity contribution in [1.29, 1.82) is 0 Å². The molecular weight excluding hydrogens is 224 g/mol. The van der Waals surface area contributed by atoms with Crippen molar-refractivity contribution in [2.75, 3.05) is 23.8 Å². The fourth-order valence-corrected chi connectivity index (χ4v) is 2.64. The average molecular weight is 248 g/mol. The summed E-state index contributed by atoms with van der Waals surface area (Å²) in [5, 5.41) is 0. The minimum Gasteiger partial charge on any atom is -0.491 e. The summed E-state index contributed by atoms with van der Waals surface area (Å²) in [5.41, 5.74) is 7.94. The third kappa shape index (κ3) is 2.71. The van der Waals surface area contributed by atoms with E-state index in [4.69, 9.17) is 10.5 Å². The SMILES string of the molecule is CCCOc1cc(N2CCCC2CC)ccc1N. The third-order valence-electron chi connectivity index (χ3n) is 3.64. The highest BCUT2D eigenvalue weighted by atomic mass is 16.5. The van der Waals surface area contributed by atoms with Gasteiger partial charge in [0.15, 0.2) is 0 Å². The second-order valence-corrected chi connectivity index (χ2v) is 4.97. The minimum absolute atomic E-state index is 0.674. The predicted molar refractivity (Wildman–Crippen MR) is 77.3 cm³/mol. The van der Waals surface area contributed by atoms with Crippen LogP contribution in [0.1, 0.15) is 39.5 Å². The molecule has 1 aliphatic heterocycles. The third-order valence-corrected chi connectivity index (χ3v) is 3.64. The molecule has 1 aliphatic rings. The average Bonchev–Trinajstić information content (AvgIpc) is 2.86. The first-order valence-corrected chi connectivity index (χ1v) is 7.05. The number of nitrogens with zero attached hydrogens (tertiary/aromatic N) is 1. The zero-order chi connectivity index (χ0) is 13.0. The molecule has 0 saturated carbocycles. The maximum Gasteiger partial charge on any atom is 0.144 e. The molecule has 1 aromatic carbocycles. The van der Waals surface area contributed by atoms with Crippen LogP contribution in [-0.2, 0) is 0 Å². The largest absolute Gasteiger partial charge is 0.491 e. The van der Waals surface area contributed by atoms with E-state index in [2.05, 4.69) is 30.9 Å². The van der Waals surface area contributed by atoms with Crippen molar-refractivity contribution in [2.24, 2.45) is 0 Å². The molecule has 3 nitrogen and oxygen atoms in total. The molecule has 0 amide bonds. The first-order chi connectivity index (χ1) is 8.76. The van der Waals surface area contributed by atoms with Gasteiger partial charge in [-0.15, -0.1) is 0 Å². The Morgan fingerprint density at radius 3 is 2.94 bits per heavy atom. The van der Waals surface area contributed by atoms with Crippen molar-refractivity contribution >= 4 is 11.4 Å². The van der Waals surface area contributed by atoms with E-state index in [1.54, 1.807) is 0 Å². The van der Waals surface area contributed by atoms with Crippen LogP contribution in [0.3, 0.4) is 0 Å². The van der Waals surface area contributed by atoms with Crippen molar-refractivity contribution in [3.63, 3.8) is 0 Å². The molecule has 0 bridgehead atoms. The number of hydrogen-bond acceptors (Lipinski definition) is 3. The Morgan fingerprint density at radius 1 is 1.39 bits per heavy atom. The van der Waals surface area contributed by atoms with Crippen LogP contribution in [0.5, 0.6) is 5.75 Å². The van der Waals surface area contributed by atoms with Gasteiger partial charge in [0, 0.05) is 24.3 Å². The lowest BCUT2D eigenvalue weighted by Gasteiger charge is -2.26. The number of rotatable bonds is 5. The molecule has 0 aromatic heterocycles. The summed E-state index contributed by atoms with van der Waals surface area (Å²) in [6, 6.07) is 6.85. The Morgan fingerprint density at radius 2 is 2.22 bits per heavy atom. The van der Waals surface area contributed by atoms with Crippen LogP contribution in [0.4, 0.5) is 11.4 Å². The standard InChI is InChI=1S/C15H24N2O/c1-3-10-18-15-11-13(7-8-14(15)16)17-9-5-6-12(17)4-2/h7-8,11-12H,3-6,9-10,16H2,1-2H3. The maximum atomic E-state index is 5.95. The Bertz CT molecular complexity index is 392. The summed E-state index contributed by atoms with van der Waals surface area (Å²) in [7, 11) is 0. The molecule has 100 valence electrons. The van der Waals surface area contributed by atoms with E-state index >= 15 is 0 Å². The Labute approximate surface area is 110 Å². The fraction of sp³-hybridized carbons (Fsp3) is 0.600. The van der Waals surface area contributed by atoms with Crippen molar-refractivity contribution < 1.29 is 4.74 Å². The summed E-state index contributed by atoms with van der Waals surface area (Å²) in [6.07, 6.45) is 4.79. The second kappa shape index (κ2) is 5.98. The van der Waals surface area contributed by atoms with E-state index in [1.807, 2.05) is 6.07 Å². The molecule has 1 fully saturated rings. The Kier molecular flexibility index (Phi) is 4.34. The molecule has 0 aliphatic carbocycles. The molecule has 1 aromatic rings. The summed E-state index contributed by atoms with van der Waals surface area (Å²) in [4.78, 5) is 2.48. The molecule has 1 saturated heterocycles. The van der Waals surface area contributed by atoms with Gasteiger partial charge in [0.2, 0.25) is 0 Å². The van der Waals surface area contributed by atoms with E-state index in [-0.39, 0.29) is 0 Å². The van der Waals surface area contributed by atoms with Gasteiger partial charge >= 0.3 is 0 Å². The normalized spacial score (nSPS) is 19.2. The van der Waals surface area contributed by atoms with Gasteiger partial charge in [0.05, 0.1) is 12.3 Å². The Balaban J connectivity index is 2.17. The van der Waals surface area contributed by atoms with Crippen LogP contribution < -0.4 is 15.4 Å². The van der Waals surface area contributed by atoms with Crippen LogP contribution in [0.2, 0.25) is 0 Å². The van der Waals surface area contributed by atoms with E-state index in [0.29, 0.717) is 6.04 Å². The number of anilines is 2. The molecule has 2 rings (SSSR count). The topological polar surface area (TPSA) is 38.5 Å². The molecule has 0 radical (unpaired) electrons. The number of ether oxygens (including phenoxy) is 1. The highest BCUT2D eigenvalue weighted by Crippen LogP contribution is 2.32. The maximum absolute atomic E-state index is 5.95. The van der Waals surface area contributed by atoms with Gasteiger partial charge in [-0.05, 0) is 37.8 Å². The van der Waals surface area contributed by atoms with E-state index in [9.17, 15) is 0 Å². The van der Waals surface area contributed by atoms with Crippen molar-refractivity contribution in [2.45, 2.75) is 45.6 Å². The van der Waals surface area contributed by atoms with Crippen molar-refractivity contribution in [3.05, 3.63) is 18.2 Å². The molecule has 1 unspecified atom stereocenters. The van der Waals surface area contributed by atoms with Gasteiger partial charge in [-0.2, -0.15) is 0 Å². The van der Waals surface area contributed by atoms with Crippen LogP contribution in [0.25, 0.3) is 0 Å². The molecule has 18 heavy (non-hydrogen) atoms. The van der Waals surface area contributed by atoms with Gasteiger partial charge < -0.3 is 15.4 Å². The lowest BCUT2D eigenvalue weighted by molar-refractivity contribution is 0.319. The minimum atomic E-state index is 0.674. The van der Waals surface area contributed by atoms with E-state index in [0.717, 1.165) is 31.0 Å². The lowest BCUT2D eigenvalue weighted by Crippen LogP contribution is -2.28. The quantitative estimate of drug-likeness (QED) is 0.811. The molecular formula is C15H24N2O. The number of nitrogen functional groups attached to an aromatic ring is 1. The highest BCUT2D eigenvalue weighted by molar-refractivity contribution is 5.63. The summed E-state index contributed by atoms with van der Waals surface area (Å²) < 4.78 is 5.70.